The second-order valence-corrected chi connectivity index (χ2v) is 10.5. The van der Waals surface area contributed by atoms with Gasteiger partial charge in [-0.15, -0.1) is 0 Å². The Morgan fingerprint density at radius 3 is 2.59 bits per heavy atom. The molecule has 1 aromatic rings. The number of hydrogen-bond acceptors (Lipinski definition) is 9. The van der Waals surface area contributed by atoms with Gasteiger partial charge in [0.05, 0.1) is 22.5 Å². The van der Waals surface area contributed by atoms with Gasteiger partial charge in [-0.3, -0.25) is 14.6 Å². The summed E-state index contributed by atoms with van der Waals surface area (Å²) in [6, 6.07) is 5.67. The number of carbonyl (C=O) groups is 5. The minimum Gasteiger partial charge on any atom is -0.507 e. The van der Waals surface area contributed by atoms with Gasteiger partial charge in [-0.2, -0.15) is 0 Å². The van der Waals surface area contributed by atoms with Crippen LogP contribution in [0.2, 0.25) is 0 Å². The summed E-state index contributed by atoms with van der Waals surface area (Å²) < 4.78 is 4.94. The normalized spacial score (nSPS) is 24.7. The predicted molar refractivity (Wildman–Crippen MR) is 134 cm³/mol. The molecule has 11 nitrogen and oxygen atoms in total. The third kappa shape index (κ3) is 5.02. The van der Waals surface area contributed by atoms with Crippen molar-refractivity contribution in [1.29, 1.82) is 0 Å². The molecule has 0 saturated carbocycles. The fraction of sp³-hybridized carbons (Fsp3) is 0.250. The quantitative estimate of drug-likeness (QED) is 0.219. The van der Waals surface area contributed by atoms with Crippen LogP contribution in [0.4, 0.5) is 0 Å². The number of ketones is 1. The number of halogens is 1. The average Bonchev–Trinajstić information content (AvgIpc) is 2.87. The molecule has 37 heavy (non-hydrogen) atoms. The van der Waals surface area contributed by atoms with Crippen LogP contribution in [-0.4, -0.2) is 68.4 Å². The Bertz CT molecular complexity index is 1320. The van der Waals surface area contributed by atoms with Crippen molar-refractivity contribution in [1.82, 2.24) is 10.6 Å². The van der Waals surface area contributed by atoms with E-state index in [1.807, 2.05) is 0 Å². The van der Waals surface area contributed by atoms with Crippen LogP contribution in [0.3, 0.4) is 0 Å². The molecule has 13 heteroatoms. The van der Waals surface area contributed by atoms with Crippen LogP contribution in [0.5, 0.6) is 0 Å². The van der Waals surface area contributed by atoms with E-state index in [1.54, 1.807) is 37.3 Å². The first-order chi connectivity index (χ1) is 17.6. The van der Waals surface area contributed by atoms with Crippen molar-refractivity contribution in [3.8, 4) is 0 Å². The van der Waals surface area contributed by atoms with Crippen molar-refractivity contribution < 1.29 is 38.9 Å². The number of esters is 1. The summed E-state index contributed by atoms with van der Waals surface area (Å²) in [6.45, 7) is 1.52. The van der Waals surface area contributed by atoms with E-state index >= 15 is 0 Å². The van der Waals surface area contributed by atoms with Crippen LogP contribution in [0.15, 0.2) is 69.5 Å². The molecule has 4 N–H and O–H groups in total. The smallest absolute Gasteiger partial charge is 0.363 e. The Labute approximate surface area is 218 Å². The van der Waals surface area contributed by atoms with E-state index in [9.17, 15) is 34.2 Å². The van der Waals surface area contributed by atoms with E-state index in [4.69, 9.17) is 16.3 Å². The number of amides is 1. The fourth-order valence-corrected chi connectivity index (χ4v) is 6.49. The summed E-state index contributed by atoms with van der Waals surface area (Å²) in [7, 11) is -0.920. The predicted octanol–water partition coefficient (Wildman–Crippen LogP) is 0.790. The van der Waals surface area contributed by atoms with E-state index in [0.717, 1.165) is 12.2 Å². The molecule has 0 aromatic heterocycles. The number of fused-ring (bicyclic) bond motifs is 1. The summed E-state index contributed by atoms with van der Waals surface area (Å²) in [6.07, 6.45) is 2.04. The van der Waals surface area contributed by atoms with Crippen LogP contribution in [0.1, 0.15) is 18.5 Å². The molecular weight excluding hydrogens is 526 g/mol. The topological polar surface area (TPSA) is 171 Å². The molecule has 1 amide bonds. The number of carbonyl (C=O) groups excluding carboxylic acids is 4. The number of hydrogen-bond donors (Lipinski definition) is 4. The van der Waals surface area contributed by atoms with Gasteiger partial charge in [0.15, 0.2) is 11.8 Å². The molecule has 1 aromatic carbocycles. The second kappa shape index (κ2) is 10.6. The summed E-state index contributed by atoms with van der Waals surface area (Å²) in [5.41, 5.74) is -0.847. The molecule has 1 fully saturated rings. The van der Waals surface area contributed by atoms with E-state index in [-0.39, 0.29) is 28.2 Å². The first kappa shape index (κ1) is 26.2. The van der Waals surface area contributed by atoms with Gasteiger partial charge < -0.3 is 25.6 Å². The van der Waals surface area contributed by atoms with Crippen LogP contribution in [-0.2, 0) is 39.6 Å². The van der Waals surface area contributed by atoms with E-state index in [0.29, 0.717) is 5.56 Å². The van der Waals surface area contributed by atoms with Crippen molar-refractivity contribution in [3.05, 3.63) is 70.1 Å². The number of rotatable bonds is 7. The average molecular weight is 547 g/mol. The highest BCUT2D eigenvalue weighted by Crippen LogP contribution is 2.34. The number of benzene rings is 1. The van der Waals surface area contributed by atoms with Gasteiger partial charge in [-0.05, 0) is 24.6 Å². The van der Waals surface area contributed by atoms with Crippen molar-refractivity contribution in [2.45, 2.75) is 24.4 Å². The molecule has 1 aliphatic carbocycles. The molecule has 192 valence electrons. The lowest BCUT2D eigenvalue weighted by atomic mass is 9.98. The van der Waals surface area contributed by atoms with Gasteiger partial charge in [-0.25, -0.2) is 14.4 Å². The largest absolute Gasteiger partial charge is 0.507 e. The van der Waals surface area contributed by atoms with Crippen molar-refractivity contribution in [2.75, 3.05) is 12.4 Å². The van der Waals surface area contributed by atoms with Crippen LogP contribution in [0.25, 0.3) is 0 Å². The van der Waals surface area contributed by atoms with Gasteiger partial charge in [0, 0.05) is 0 Å². The summed E-state index contributed by atoms with van der Waals surface area (Å²) >= 11 is 6.00. The van der Waals surface area contributed by atoms with Crippen molar-refractivity contribution >= 4 is 57.0 Å². The number of carboxylic acids is 1. The number of aliphatic carboxylic acids is 1. The SMILES string of the molecule is CCOC(=O)C1=C(O)C=CC(=O)C1=NC(C(=O)NC1C(=O)[S+]2CC(Cl)=C(C(=O)O)NC12)c1ccccc1. The Hall–Kier alpha value is -3.90. The first-order valence-electron chi connectivity index (χ1n) is 11.0. The summed E-state index contributed by atoms with van der Waals surface area (Å²) in [4.78, 5) is 67.0. The highest BCUT2D eigenvalue weighted by molar-refractivity contribution is 8.14. The molecule has 0 radical (unpaired) electrons. The number of allylic oxidation sites excluding steroid dienone is 2. The highest BCUT2D eigenvalue weighted by atomic mass is 35.5. The van der Waals surface area contributed by atoms with Gasteiger partial charge >= 0.3 is 17.1 Å². The van der Waals surface area contributed by atoms with Crippen molar-refractivity contribution in [3.63, 3.8) is 0 Å². The highest BCUT2D eigenvalue weighted by Gasteiger charge is 2.64. The number of ether oxygens (including phenoxy) is 1. The minimum absolute atomic E-state index is 0.0275. The molecule has 0 bridgehead atoms. The molecule has 4 unspecified atom stereocenters. The van der Waals surface area contributed by atoms with Gasteiger partial charge in [-0.1, -0.05) is 41.9 Å². The molecule has 1 saturated heterocycles. The summed E-state index contributed by atoms with van der Waals surface area (Å²) in [5.74, 6) is -4.25. The van der Waals surface area contributed by atoms with Crippen LogP contribution in [0, 0.1) is 0 Å². The zero-order valence-corrected chi connectivity index (χ0v) is 20.8. The zero-order chi connectivity index (χ0) is 26.9. The maximum Gasteiger partial charge on any atom is 0.363 e. The lowest BCUT2D eigenvalue weighted by Crippen LogP contribution is -2.72. The molecule has 2 heterocycles. The number of carboxylic acid groups (broad SMARTS) is 1. The Kier molecular flexibility index (Phi) is 7.50. The lowest BCUT2D eigenvalue weighted by molar-refractivity contribution is -0.138. The van der Waals surface area contributed by atoms with Crippen LogP contribution >= 0.6 is 11.6 Å². The third-order valence-electron chi connectivity index (χ3n) is 5.69. The second-order valence-electron chi connectivity index (χ2n) is 8.00. The third-order valence-corrected chi connectivity index (χ3v) is 8.55. The van der Waals surface area contributed by atoms with Crippen molar-refractivity contribution in [2.24, 2.45) is 4.99 Å². The number of aliphatic hydroxyl groups is 1. The first-order valence-corrected chi connectivity index (χ1v) is 12.9. The monoisotopic (exact) mass is 546 g/mol. The van der Waals surface area contributed by atoms with E-state index < -0.39 is 69.0 Å². The standard InChI is InChI=1S/C24H20ClN3O8S/c1-2-36-23(34)15-13(29)8-9-14(30)18(15)26-16(11-6-4-3-5-7-11)20(31)27-19-21-28-17(22(32)33)12(25)10-37(21)24(19)35/h3-9,16,19,21,28H,2,10H2,1H3,(H2-,26,27,29,31,32,33,34)/p+1. The zero-order valence-electron chi connectivity index (χ0n) is 19.3. The van der Waals surface area contributed by atoms with Gasteiger partial charge in [0.25, 0.3) is 0 Å². The van der Waals surface area contributed by atoms with E-state index in [1.165, 1.54) is 0 Å². The number of nitrogens with one attached hydrogen (secondary N) is 2. The Morgan fingerprint density at radius 1 is 1.24 bits per heavy atom. The lowest BCUT2D eigenvalue weighted by Gasteiger charge is -2.37. The molecule has 0 spiro atoms. The number of aliphatic hydroxyl groups excluding tert-OH is 1. The number of aliphatic imine (C=N–C) groups is 1. The Morgan fingerprint density at radius 2 is 1.95 bits per heavy atom. The summed E-state index contributed by atoms with van der Waals surface area (Å²) in [5, 5.41) is 24.0. The molecule has 4 rings (SSSR count). The maximum absolute atomic E-state index is 13.4. The Balaban J connectivity index is 1.67. The molecule has 4 atom stereocenters. The number of nitrogens with zero attached hydrogens (tertiary/aromatic N) is 1. The molecule has 2 aliphatic heterocycles. The minimum atomic E-state index is -1.39. The molecule has 3 aliphatic rings. The van der Waals surface area contributed by atoms with Gasteiger partial charge in [0.1, 0.15) is 22.7 Å². The maximum atomic E-state index is 13.4. The van der Waals surface area contributed by atoms with Gasteiger partial charge in [0.2, 0.25) is 23.1 Å². The molecular formula is C24H21ClN3O8S+. The van der Waals surface area contributed by atoms with Crippen LogP contribution < -0.4 is 10.6 Å². The van der Waals surface area contributed by atoms with E-state index in [2.05, 4.69) is 15.6 Å². The fourth-order valence-electron chi connectivity index (χ4n) is 3.94.